The van der Waals surface area contributed by atoms with E-state index in [0.717, 1.165) is 0 Å². The highest BCUT2D eigenvalue weighted by Crippen LogP contribution is 2.47. The highest BCUT2D eigenvalue weighted by atomic mass is 32.2. The van der Waals surface area contributed by atoms with Gasteiger partial charge in [0.2, 0.25) is 0 Å². The quantitative estimate of drug-likeness (QED) is 0.512. The first kappa shape index (κ1) is 26.2. The van der Waals surface area contributed by atoms with Crippen molar-refractivity contribution in [1.82, 2.24) is 9.62 Å². The van der Waals surface area contributed by atoms with Gasteiger partial charge in [-0.3, -0.25) is 4.79 Å². The molecular weight excluding hydrogens is 515 g/mol. The molecule has 3 fully saturated rings. The molecule has 200 valence electrons. The Morgan fingerprint density at radius 1 is 1.16 bits per heavy atom. The van der Waals surface area contributed by atoms with Crippen molar-refractivity contribution in [2.24, 2.45) is 0 Å². The van der Waals surface area contributed by atoms with E-state index in [4.69, 9.17) is 0 Å². The molecule has 1 heterocycles. The van der Waals surface area contributed by atoms with Gasteiger partial charge in [-0.05, 0) is 61.4 Å². The average molecular weight is 543 g/mol. The molecule has 2 N–H and O–H groups in total. The molecule has 3 aliphatic rings. The first-order valence-electron chi connectivity index (χ1n) is 12.1. The summed E-state index contributed by atoms with van der Waals surface area (Å²) in [6, 6.07) is 7.12. The van der Waals surface area contributed by atoms with E-state index in [2.05, 4.69) is 4.72 Å². The molecule has 2 aromatic carbocycles. The number of likely N-dealkylation sites (tertiary alicyclic amines) is 1. The number of carbonyl (C=O) groups is 1. The topological polar surface area (TPSA) is 69.6 Å². The Morgan fingerprint density at radius 3 is 2.49 bits per heavy atom. The maximum Gasteiger partial charge on any atom is 0.255 e. The largest absolute Gasteiger partial charge is 0.380 e. The zero-order valence-electron chi connectivity index (χ0n) is 20.1. The van der Waals surface area contributed by atoms with E-state index in [9.17, 15) is 31.7 Å². The second-order valence-corrected chi connectivity index (χ2v) is 12.0. The van der Waals surface area contributed by atoms with Crippen molar-refractivity contribution in [3.8, 4) is 11.1 Å². The lowest BCUT2D eigenvalue weighted by Crippen LogP contribution is -2.63. The van der Waals surface area contributed by atoms with Crippen molar-refractivity contribution in [2.45, 2.75) is 74.1 Å². The van der Waals surface area contributed by atoms with Crippen molar-refractivity contribution in [3.63, 3.8) is 0 Å². The number of hydrogen-bond donors (Lipinski definition) is 2. The van der Waals surface area contributed by atoms with Crippen molar-refractivity contribution in [2.75, 3.05) is 6.54 Å². The number of rotatable bonds is 7. The number of nitrogens with one attached hydrogen (secondary N) is 1. The van der Waals surface area contributed by atoms with Crippen molar-refractivity contribution in [1.29, 1.82) is 0 Å². The van der Waals surface area contributed by atoms with Gasteiger partial charge >= 0.3 is 0 Å². The number of nitrogens with zero attached hydrogens (tertiary/aromatic N) is 1. The molecule has 3 unspecified atom stereocenters. The lowest BCUT2D eigenvalue weighted by molar-refractivity contribution is -0.215. The molecule has 11 heteroatoms. The van der Waals surface area contributed by atoms with Crippen LogP contribution in [0.25, 0.3) is 11.1 Å². The molecule has 2 aliphatic carbocycles. The van der Waals surface area contributed by atoms with Crippen LogP contribution in [0.5, 0.6) is 0 Å². The first-order chi connectivity index (χ1) is 17.3. The van der Waals surface area contributed by atoms with Gasteiger partial charge in [-0.15, -0.1) is 0 Å². The zero-order chi connectivity index (χ0) is 26.8. The monoisotopic (exact) mass is 542 g/mol. The molecule has 3 atom stereocenters. The van der Waals surface area contributed by atoms with E-state index in [1.807, 2.05) is 0 Å². The third kappa shape index (κ3) is 5.05. The van der Waals surface area contributed by atoms with Gasteiger partial charge in [0.25, 0.3) is 11.8 Å². The van der Waals surface area contributed by atoms with Gasteiger partial charge in [0.15, 0.2) is 10.6 Å². The summed E-state index contributed by atoms with van der Waals surface area (Å²) < 4.78 is 86.4. The molecule has 1 amide bonds. The minimum absolute atomic E-state index is 0.0376. The Kier molecular flexibility index (Phi) is 6.48. The summed E-state index contributed by atoms with van der Waals surface area (Å²) in [5.41, 5.74) is -1.01. The van der Waals surface area contributed by atoms with Crippen molar-refractivity contribution in [3.05, 3.63) is 59.2 Å². The highest BCUT2D eigenvalue weighted by Gasteiger charge is 2.62. The average Bonchev–Trinajstić information content (AvgIpc) is 3.43. The van der Waals surface area contributed by atoms with Gasteiger partial charge < -0.3 is 10.0 Å². The van der Waals surface area contributed by atoms with E-state index in [0.29, 0.717) is 11.1 Å². The van der Waals surface area contributed by atoms with Crippen LogP contribution in [0.1, 0.15) is 43.2 Å². The van der Waals surface area contributed by atoms with Crippen LogP contribution in [0.4, 0.5) is 22.0 Å². The molecule has 0 bridgehead atoms. The first-order valence-corrected chi connectivity index (χ1v) is 13.3. The standard InChI is InChI=1S/C26H27F5N2O3S/c1-15-9-17(11-18(27)10-15)19-4-2-3-16(22(19)28)12-21-20(32-37(36)26(31)6-7-26)5-8-33(21)23(34)24(35)13-25(29,30)14-24/h2-4,9-11,20-21,32,35H,5-8,12-14H2,1H3. The zero-order valence-corrected chi connectivity index (χ0v) is 20.9. The minimum atomic E-state index is -3.16. The predicted molar refractivity (Wildman–Crippen MR) is 128 cm³/mol. The van der Waals surface area contributed by atoms with Gasteiger partial charge in [0, 0.05) is 31.0 Å². The lowest BCUT2D eigenvalue weighted by Gasteiger charge is -2.44. The number of benzene rings is 2. The van der Waals surface area contributed by atoms with Crippen molar-refractivity contribution >= 4 is 16.9 Å². The molecule has 5 rings (SSSR count). The molecule has 1 aliphatic heterocycles. The number of hydrogen-bond acceptors (Lipinski definition) is 3. The lowest BCUT2D eigenvalue weighted by atomic mass is 9.75. The number of amides is 1. The Bertz CT molecular complexity index is 1240. The van der Waals surface area contributed by atoms with E-state index < -0.39 is 70.0 Å². The van der Waals surface area contributed by atoms with Crippen LogP contribution in [0.3, 0.4) is 0 Å². The van der Waals surface area contributed by atoms with Crippen LogP contribution in [-0.4, -0.2) is 55.3 Å². The Labute approximate surface area is 213 Å². The molecule has 2 aromatic rings. The van der Waals surface area contributed by atoms with Gasteiger partial charge in [-0.25, -0.2) is 30.9 Å². The summed E-state index contributed by atoms with van der Waals surface area (Å²) >= 11 is 0. The van der Waals surface area contributed by atoms with Crippen molar-refractivity contribution < 1.29 is 36.1 Å². The normalized spacial score (nSPS) is 26.0. The second kappa shape index (κ2) is 9.13. The highest BCUT2D eigenvalue weighted by molar-refractivity contribution is 7.84. The predicted octanol–water partition coefficient (Wildman–Crippen LogP) is 4.33. The summed E-state index contributed by atoms with van der Waals surface area (Å²) in [6.07, 6.45) is -1.66. The molecule has 0 radical (unpaired) electrons. The Balaban J connectivity index is 1.45. The third-order valence-electron chi connectivity index (χ3n) is 7.40. The Hall–Kier alpha value is -2.37. The fraction of sp³-hybridized carbons (Fsp3) is 0.500. The third-order valence-corrected chi connectivity index (χ3v) is 8.99. The van der Waals surface area contributed by atoms with Gasteiger partial charge in [0.1, 0.15) is 22.6 Å². The summed E-state index contributed by atoms with van der Waals surface area (Å²) in [4.78, 5) is 14.4. The number of aliphatic hydroxyl groups is 1. The van der Waals surface area contributed by atoms with Crippen LogP contribution in [0.15, 0.2) is 36.4 Å². The van der Waals surface area contributed by atoms with Crippen LogP contribution in [0, 0.1) is 18.6 Å². The van der Waals surface area contributed by atoms with E-state index in [-0.39, 0.29) is 43.4 Å². The number of halogens is 5. The van der Waals surface area contributed by atoms with E-state index in [1.54, 1.807) is 19.1 Å². The van der Waals surface area contributed by atoms with Crippen LogP contribution in [0.2, 0.25) is 0 Å². The summed E-state index contributed by atoms with van der Waals surface area (Å²) in [7, 11) is -2.06. The fourth-order valence-electron chi connectivity index (χ4n) is 5.32. The van der Waals surface area contributed by atoms with Gasteiger partial charge in [-0.1, -0.05) is 24.3 Å². The summed E-state index contributed by atoms with van der Waals surface area (Å²) in [5, 5.41) is 8.68. The molecule has 5 nitrogen and oxygen atoms in total. The smallest absolute Gasteiger partial charge is 0.255 e. The van der Waals surface area contributed by atoms with E-state index in [1.165, 1.54) is 29.2 Å². The second-order valence-electron chi connectivity index (χ2n) is 10.5. The Morgan fingerprint density at radius 2 is 1.86 bits per heavy atom. The van der Waals surface area contributed by atoms with E-state index >= 15 is 4.39 Å². The molecule has 0 aromatic heterocycles. The SMILES string of the molecule is Cc1cc(F)cc(-c2cccc(CC3C(NS(=O)C4(F)CC4)CCN3C(=O)C3(O)CC(F)(F)C3)c2F)c1. The molecular formula is C26H27F5N2O3S. The van der Waals surface area contributed by atoms with Gasteiger partial charge in [-0.2, -0.15) is 0 Å². The number of aryl methyl sites for hydroxylation is 1. The summed E-state index contributed by atoms with van der Waals surface area (Å²) in [5.74, 6) is -5.23. The molecule has 2 saturated carbocycles. The van der Waals surface area contributed by atoms with Crippen LogP contribution in [-0.2, 0) is 22.2 Å². The maximum atomic E-state index is 15.7. The molecule has 0 spiro atoms. The fourth-order valence-corrected chi connectivity index (χ4v) is 6.56. The maximum absolute atomic E-state index is 15.7. The number of alkyl halides is 3. The van der Waals surface area contributed by atoms with Gasteiger partial charge in [0.05, 0.1) is 6.04 Å². The molecule has 37 heavy (non-hydrogen) atoms. The minimum Gasteiger partial charge on any atom is -0.380 e. The van der Waals surface area contributed by atoms with Crippen LogP contribution < -0.4 is 4.72 Å². The summed E-state index contributed by atoms with van der Waals surface area (Å²) in [6.45, 7) is 1.72. The van der Waals surface area contributed by atoms with Crippen LogP contribution >= 0.6 is 0 Å². The number of carbonyl (C=O) groups excluding carboxylic acids is 1. The molecule has 1 saturated heterocycles.